The number of fused-ring (bicyclic) bond motifs is 2. The zero-order chi connectivity index (χ0) is 28.8. The average molecular weight is 574 g/mol. The van der Waals surface area contributed by atoms with Crippen LogP contribution < -0.4 is 9.64 Å². The molecule has 3 aliphatic heterocycles. The first kappa shape index (κ1) is 28.3. The molecule has 8 nitrogen and oxygen atoms in total. The summed E-state index contributed by atoms with van der Waals surface area (Å²) in [5.74, 6) is -0.501. The molecule has 40 heavy (non-hydrogen) atoms. The predicted molar refractivity (Wildman–Crippen MR) is 150 cm³/mol. The Balaban J connectivity index is 1.65. The number of aromatic nitrogens is 1. The Kier molecular flexibility index (Phi) is 7.76. The molecule has 2 fully saturated rings. The summed E-state index contributed by atoms with van der Waals surface area (Å²) in [6, 6.07) is 5.80. The fraction of sp³-hybridized carbons (Fsp3) is 0.483. The molecular formula is C29H34ClF2N5O3. The number of carbonyl (C=O) groups is 2. The van der Waals surface area contributed by atoms with Crippen LogP contribution in [0.25, 0.3) is 11.3 Å². The first-order valence-corrected chi connectivity index (χ1v) is 13.8. The first-order chi connectivity index (χ1) is 19.1. The molecule has 1 unspecified atom stereocenters. The number of halogens is 3. The summed E-state index contributed by atoms with van der Waals surface area (Å²) in [6.07, 6.45) is 1.97. The van der Waals surface area contributed by atoms with Gasteiger partial charge in [0.15, 0.2) is 5.75 Å². The average Bonchev–Trinajstić information content (AvgIpc) is 3.18. The van der Waals surface area contributed by atoms with Gasteiger partial charge in [0.1, 0.15) is 35.5 Å². The molecule has 2 aromatic rings. The molecule has 214 valence electrons. The lowest BCUT2D eigenvalue weighted by Crippen LogP contribution is -2.57. The summed E-state index contributed by atoms with van der Waals surface area (Å²) >= 11 is 6.87. The van der Waals surface area contributed by atoms with Gasteiger partial charge in [-0.15, -0.1) is 0 Å². The Morgan fingerprint density at radius 2 is 2.05 bits per heavy atom. The molecular weight excluding hydrogens is 540 g/mol. The molecule has 0 bridgehead atoms. The van der Waals surface area contributed by atoms with Crippen molar-refractivity contribution in [2.24, 2.45) is 0 Å². The summed E-state index contributed by atoms with van der Waals surface area (Å²) in [4.78, 5) is 38.8. The van der Waals surface area contributed by atoms with Gasteiger partial charge in [0.25, 0.3) is 5.91 Å². The number of ether oxygens (including phenoxy) is 1. The molecule has 0 saturated carbocycles. The Morgan fingerprint density at radius 3 is 2.75 bits per heavy atom. The Morgan fingerprint density at radius 1 is 1.30 bits per heavy atom. The van der Waals surface area contributed by atoms with Gasteiger partial charge in [0, 0.05) is 49.9 Å². The number of likely N-dealkylation sites (N-methyl/N-ethyl adjacent to an activating group) is 1. The molecule has 0 aliphatic carbocycles. The molecule has 0 radical (unpaired) electrons. The van der Waals surface area contributed by atoms with E-state index in [-0.39, 0.29) is 58.6 Å². The number of nitrogens with zero attached hydrogens (tertiary/aromatic N) is 5. The molecule has 1 aromatic heterocycles. The van der Waals surface area contributed by atoms with Gasteiger partial charge in [0.05, 0.1) is 11.7 Å². The van der Waals surface area contributed by atoms with Crippen LogP contribution in [0.15, 0.2) is 36.9 Å². The van der Waals surface area contributed by atoms with Crippen molar-refractivity contribution in [3.63, 3.8) is 0 Å². The molecule has 2 amide bonds. The van der Waals surface area contributed by atoms with Gasteiger partial charge in [-0.25, -0.2) is 13.8 Å². The van der Waals surface area contributed by atoms with Crippen LogP contribution in [0.3, 0.4) is 0 Å². The molecule has 2 atom stereocenters. The molecule has 3 aliphatic rings. The number of hydrogen-bond donors (Lipinski definition) is 0. The number of carbonyl (C=O) groups excluding carboxylic acids is 2. The van der Waals surface area contributed by atoms with Gasteiger partial charge in [-0.3, -0.25) is 14.5 Å². The van der Waals surface area contributed by atoms with Crippen molar-refractivity contribution in [3.8, 4) is 17.0 Å². The second kappa shape index (κ2) is 11.0. The number of amides is 2. The monoisotopic (exact) mass is 573 g/mol. The fourth-order valence-electron chi connectivity index (χ4n) is 6.00. The summed E-state index contributed by atoms with van der Waals surface area (Å²) in [6.45, 7) is 9.04. The second-order valence-corrected chi connectivity index (χ2v) is 11.6. The van der Waals surface area contributed by atoms with Crippen molar-refractivity contribution < 1.29 is 23.1 Å². The SMILES string of the molecule is C=CC(=O)N1CCN2C(=O)c3c(N4CC(N(C)CCF)CC4(C)C)nc(-c4ccccc4F)c(Cl)c3OC[C@H]2C1. The van der Waals surface area contributed by atoms with Crippen molar-refractivity contribution in [1.82, 2.24) is 19.7 Å². The topological polar surface area (TPSA) is 69.2 Å². The zero-order valence-electron chi connectivity index (χ0n) is 23.0. The maximum Gasteiger partial charge on any atom is 0.261 e. The molecule has 0 N–H and O–H groups in total. The number of hydrogen-bond acceptors (Lipinski definition) is 6. The van der Waals surface area contributed by atoms with E-state index < -0.39 is 24.1 Å². The van der Waals surface area contributed by atoms with E-state index in [0.29, 0.717) is 38.4 Å². The van der Waals surface area contributed by atoms with Crippen LogP contribution in [0.5, 0.6) is 5.75 Å². The summed E-state index contributed by atoms with van der Waals surface area (Å²) in [5.41, 5.74) is 0.136. The van der Waals surface area contributed by atoms with Crippen LogP contribution in [-0.2, 0) is 4.79 Å². The second-order valence-electron chi connectivity index (χ2n) is 11.2. The highest BCUT2D eigenvalue weighted by atomic mass is 35.5. The van der Waals surface area contributed by atoms with Gasteiger partial charge in [0.2, 0.25) is 5.91 Å². The lowest BCUT2D eigenvalue weighted by atomic mass is 9.98. The van der Waals surface area contributed by atoms with E-state index >= 15 is 4.39 Å². The lowest BCUT2D eigenvalue weighted by Gasteiger charge is -2.40. The number of pyridine rings is 1. The highest BCUT2D eigenvalue weighted by molar-refractivity contribution is 6.35. The minimum atomic E-state index is -0.500. The third kappa shape index (κ3) is 4.92. The van der Waals surface area contributed by atoms with Crippen LogP contribution in [0, 0.1) is 5.82 Å². The number of alkyl halides is 1. The standard InChI is InChI=1S/C29H34ClF2N5O3/c1-5-22(38)35-12-13-36-19(15-35)17-40-26-23(28(36)39)27(33-25(24(26)30)20-8-6-7-9-21(20)32)37-16-18(14-29(37,2)3)34(4)11-10-31/h5-9,18-19H,1,10-17H2,2-4H3/t18?,19-/m1/s1. The Labute approximate surface area is 238 Å². The number of piperazine rings is 1. The van der Waals surface area contributed by atoms with Crippen LogP contribution in [0.4, 0.5) is 14.6 Å². The van der Waals surface area contributed by atoms with Crippen molar-refractivity contribution in [1.29, 1.82) is 0 Å². The molecule has 4 heterocycles. The highest BCUT2D eigenvalue weighted by Gasteiger charge is 2.46. The Bertz CT molecular complexity index is 1340. The molecule has 11 heteroatoms. The van der Waals surface area contributed by atoms with E-state index in [1.807, 2.05) is 30.7 Å². The quantitative estimate of drug-likeness (QED) is 0.486. The molecule has 0 spiro atoms. The molecule has 5 rings (SSSR count). The number of benzene rings is 1. The van der Waals surface area contributed by atoms with E-state index in [9.17, 15) is 14.0 Å². The minimum absolute atomic E-state index is 0.0128. The van der Waals surface area contributed by atoms with Crippen LogP contribution in [0.1, 0.15) is 30.6 Å². The maximum absolute atomic E-state index is 15.0. The van der Waals surface area contributed by atoms with E-state index in [1.165, 1.54) is 12.1 Å². The summed E-state index contributed by atoms with van der Waals surface area (Å²) in [5, 5.41) is 0.0548. The van der Waals surface area contributed by atoms with Crippen molar-refractivity contribution in [3.05, 3.63) is 53.3 Å². The normalized spacial score (nSPS) is 22.1. The lowest BCUT2D eigenvalue weighted by molar-refractivity contribution is -0.128. The zero-order valence-corrected chi connectivity index (χ0v) is 23.8. The van der Waals surface area contributed by atoms with Crippen LogP contribution >= 0.6 is 11.6 Å². The predicted octanol–water partition coefficient (Wildman–Crippen LogP) is 4.03. The fourth-order valence-corrected chi connectivity index (χ4v) is 6.29. The number of anilines is 1. The van der Waals surface area contributed by atoms with Crippen molar-refractivity contribution in [2.45, 2.75) is 37.9 Å². The summed E-state index contributed by atoms with van der Waals surface area (Å²) < 4.78 is 34.5. The van der Waals surface area contributed by atoms with Crippen LogP contribution in [-0.4, -0.2) is 102 Å². The van der Waals surface area contributed by atoms with E-state index in [2.05, 4.69) is 6.58 Å². The highest BCUT2D eigenvalue weighted by Crippen LogP contribution is 2.47. The van der Waals surface area contributed by atoms with E-state index in [0.717, 1.165) is 0 Å². The van der Waals surface area contributed by atoms with E-state index in [1.54, 1.807) is 28.0 Å². The van der Waals surface area contributed by atoms with Crippen molar-refractivity contribution in [2.75, 3.05) is 58.0 Å². The molecule has 1 aromatic carbocycles. The largest absolute Gasteiger partial charge is 0.489 e. The first-order valence-electron chi connectivity index (χ1n) is 13.4. The third-order valence-electron chi connectivity index (χ3n) is 8.24. The van der Waals surface area contributed by atoms with E-state index in [4.69, 9.17) is 21.3 Å². The maximum atomic E-state index is 15.0. The van der Waals surface area contributed by atoms with Gasteiger partial charge < -0.3 is 19.4 Å². The minimum Gasteiger partial charge on any atom is -0.489 e. The summed E-state index contributed by atoms with van der Waals surface area (Å²) in [7, 11) is 1.88. The third-order valence-corrected chi connectivity index (χ3v) is 8.59. The van der Waals surface area contributed by atoms with Gasteiger partial charge in [-0.1, -0.05) is 30.3 Å². The van der Waals surface area contributed by atoms with Crippen LogP contribution in [0.2, 0.25) is 5.02 Å². The number of rotatable bonds is 6. The van der Waals surface area contributed by atoms with Gasteiger partial charge in [-0.2, -0.15) is 0 Å². The van der Waals surface area contributed by atoms with Crippen molar-refractivity contribution >= 4 is 29.2 Å². The van der Waals surface area contributed by atoms with Gasteiger partial charge in [-0.05, 0) is 45.5 Å². The Hall–Kier alpha value is -3.24. The molecule has 2 saturated heterocycles. The smallest absolute Gasteiger partial charge is 0.261 e. The van der Waals surface area contributed by atoms with Gasteiger partial charge >= 0.3 is 0 Å².